The van der Waals surface area contributed by atoms with Gasteiger partial charge in [-0.05, 0) is 35.4 Å². The Morgan fingerprint density at radius 1 is 0.808 bits per heavy atom. The van der Waals surface area contributed by atoms with E-state index in [0.717, 1.165) is 22.6 Å². The highest BCUT2D eigenvalue weighted by Gasteiger charge is 2.44. The number of benzene rings is 3. The van der Waals surface area contributed by atoms with Gasteiger partial charge in [0.25, 0.3) is 0 Å². The molecule has 1 amide bonds. The molecule has 0 N–H and O–H groups in total. The number of methoxy groups -OCH3 is 1. The highest BCUT2D eigenvalue weighted by molar-refractivity contribution is 5.91. The van der Waals surface area contributed by atoms with Crippen LogP contribution in [-0.4, -0.2) is 13.2 Å². The van der Waals surface area contributed by atoms with Crippen LogP contribution in [0.3, 0.4) is 0 Å². The average molecular weight is 345 g/mol. The summed E-state index contributed by atoms with van der Waals surface area (Å²) in [5.41, 5.74) is 2.79. The van der Waals surface area contributed by atoms with Crippen molar-refractivity contribution < 1.29 is 14.3 Å². The van der Waals surface area contributed by atoms with Crippen molar-refractivity contribution in [3.8, 4) is 5.75 Å². The average Bonchev–Trinajstić information content (AvgIpc) is 3.06. The molecule has 130 valence electrons. The van der Waals surface area contributed by atoms with Crippen molar-refractivity contribution in [2.45, 2.75) is 12.1 Å². The van der Waals surface area contributed by atoms with Crippen molar-refractivity contribution in [1.29, 1.82) is 0 Å². The summed E-state index contributed by atoms with van der Waals surface area (Å²) in [6.07, 6.45) is -0.717. The van der Waals surface area contributed by atoms with Crippen LogP contribution in [0.25, 0.3) is 0 Å². The standard InChI is InChI=1S/C22H19NO3/c1-25-19-14-12-18(13-15-19)23-20(16-8-4-2-5-9-16)21(26-22(23)24)17-10-6-3-7-11-17/h2-15,20-21H,1H3/t20-,21+/m0/s1. The minimum atomic E-state index is -0.367. The van der Waals surface area contributed by atoms with E-state index in [-0.39, 0.29) is 18.2 Å². The van der Waals surface area contributed by atoms with Gasteiger partial charge >= 0.3 is 6.09 Å². The fourth-order valence-corrected chi connectivity index (χ4v) is 3.35. The van der Waals surface area contributed by atoms with Crippen molar-refractivity contribution in [2.24, 2.45) is 0 Å². The number of cyclic esters (lactones) is 1. The van der Waals surface area contributed by atoms with Crippen LogP contribution in [0.15, 0.2) is 84.9 Å². The number of rotatable bonds is 4. The zero-order valence-electron chi connectivity index (χ0n) is 14.4. The van der Waals surface area contributed by atoms with Gasteiger partial charge in [-0.3, -0.25) is 4.90 Å². The molecule has 1 fully saturated rings. The summed E-state index contributed by atoms with van der Waals surface area (Å²) in [7, 11) is 1.62. The lowest BCUT2D eigenvalue weighted by Gasteiger charge is -2.25. The van der Waals surface area contributed by atoms with Gasteiger partial charge in [-0.25, -0.2) is 4.79 Å². The van der Waals surface area contributed by atoms with Crippen LogP contribution >= 0.6 is 0 Å². The van der Waals surface area contributed by atoms with Gasteiger partial charge in [-0.15, -0.1) is 0 Å². The van der Waals surface area contributed by atoms with E-state index < -0.39 is 0 Å². The van der Waals surface area contributed by atoms with E-state index in [1.165, 1.54) is 0 Å². The van der Waals surface area contributed by atoms with Crippen molar-refractivity contribution in [1.82, 2.24) is 0 Å². The molecule has 0 spiro atoms. The lowest BCUT2D eigenvalue weighted by Crippen LogP contribution is -2.27. The van der Waals surface area contributed by atoms with Gasteiger partial charge in [0.15, 0.2) is 6.10 Å². The van der Waals surface area contributed by atoms with E-state index in [2.05, 4.69) is 0 Å². The monoisotopic (exact) mass is 345 g/mol. The first kappa shape index (κ1) is 16.2. The minimum Gasteiger partial charge on any atom is -0.497 e. The molecule has 0 aliphatic carbocycles. The third kappa shape index (κ3) is 2.90. The molecule has 0 unspecified atom stereocenters. The molecule has 0 radical (unpaired) electrons. The number of ether oxygens (including phenoxy) is 2. The predicted octanol–water partition coefficient (Wildman–Crippen LogP) is 5.13. The van der Waals surface area contributed by atoms with E-state index in [9.17, 15) is 4.79 Å². The van der Waals surface area contributed by atoms with Crippen molar-refractivity contribution in [2.75, 3.05) is 12.0 Å². The first-order valence-electron chi connectivity index (χ1n) is 8.52. The molecule has 0 aromatic heterocycles. The summed E-state index contributed by atoms with van der Waals surface area (Å²) in [6.45, 7) is 0. The molecule has 1 aliphatic rings. The van der Waals surface area contributed by atoms with E-state index in [4.69, 9.17) is 9.47 Å². The van der Waals surface area contributed by atoms with E-state index in [1.54, 1.807) is 12.0 Å². The molecule has 3 aromatic carbocycles. The summed E-state index contributed by atoms with van der Waals surface area (Å²) in [6, 6.07) is 27.1. The second-order valence-corrected chi connectivity index (χ2v) is 6.14. The maximum atomic E-state index is 12.8. The Labute approximate surface area is 152 Å². The smallest absolute Gasteiger partial charge is 0.415 e. The molecule has 4 nitrogen and oxygen atoms in total. The summed E-state index contributed by atoms with van der Waals surface area (Å²) in [5.74, 6) is 0.747. The fourth-order valence-electron chi connectivity index (χ4n) is 3.35. The molecule has 0 saturated carbocycles. The molecule has 4 heteroatoms. The van der Waals surface area contributed by atoms with Gasteiger partial charge in [0.2, 0.25) is 0 Å². The van der Waals surface area contributed by atoms with Gasteiger partial charge in [-0.1, -0.05) is 60.7 Å². The number of nitrogens with zero attached hydrogens (tertiary/aromatic N) is 1. The second kappa shape index (κ2) is 6.92. The predicted molar refractivity (Wildman–Crippen MR) is 100 cm³/mol. The SMILES string of the molecule is COc1ccc(N2C(=O)O[C@H](c3ccccc3)[C@@H]2c2ccccc2)cc1. The van der Waals surface area contributed by atoms with Gasteiger partial charge in [0.05, 0.1) is 7.11 Å². The number of hydrogen-bond donors (Lipinski definition) is 0. The Balaban J connectivity index is 1.79. The Morgan fingerprint density at radius 2 is 1.38 bits per heavy atom. The molecule has 1 saturated heterocycles. The summed E-state index contributed by atoms with van der Waals surface area (Å²) >= 11 is 0. The quantitative estimate of drug-likeness (QED) is 0.657. The zero-order chi connectivity index (χ0) is 17.9. The van der Waals surface area contributed by atoms with E-state index in [1.807, 2.05) is 84.9 Å². The van der Waals surface area contributed by atoms with Crippen LogP contribution in [-0.2, 0) is 4.74 Å². The number of anilines is 1. The number of carbonyl (C=O) groups is 1. The van der Waals surface area contributed by atoms with Crippen LogP contribution in [0, 0.1) is 0 Å². The van der Waals surface area contributed by atoms with Crippen molar-refractivity contribution in [3.05, 3.63) is 96.1 Å². The van der Waals surface area contributed by atoms with Gasteiger partial charge < -0.3 is 9.47 Å². The Bertz CT molecular complexity index is 878. The van der Waals surface area contributed by atoms with Crippen molar-refractivity contribution in [3.63, 3.8) is 0 Å². The zero-order valence-corrected chi connectivity index (χ0v) is 14.4. The second-order valence-electron chi connectivity index (χ2n) is 6.14. The van der Waals surface area contributed by atoms with Gasteiger partial charge in [0.1, 0.15) is 11.8 Å². The third-order valence-electron chi connectivity index (χ3n) is 4.61. The molecule has 3 aromatic rings. The molecule has 26 heavy (non-hydrogen) atoms. The van der Waals surface area contributed by atoms with E-state index in [0.29, 0.717) is 0 Å². The molecule has 1 aliphatic heterocycles. The molecule has 4 rings (SSSR count). The largest absolute Gasteiger partial charge is 0.497 e. The molecule has 1 heterocycles. The summed E-state index contributed by atoms with van der Waals surface area (Å²) in [4.78, 5) is 14.5. The summed E-state index contributed by atoms with van der Waals surface area (Å²) < 4.78 is 11.0. The van der Waals surface area contributed by atoms with Crippen LogP contribution in [0.4, 0.5) is 10.5 Å². The molecular weight excluding hydrogens is 326 g/mol. The highest BCUT2D eigenvalue weighted by atomic mass is 16.6. The van der Waals surface area contributed by atoms with Crippen LogP contribution in [0.5, 0.6) is 5.75 Å². The summed E-state index contributed by atoms with van der Waals surface area (Å²) in [5, 5.41) is 0. The Kier molecular flexibility index (Phi) is 4.32. The molecule has 0 bridgehead atoms. The Morgan fingerprint density at radius 3 is 1.96 bits per heavy atom. The van der Waals surface area contributed by atoms with Crippen LogP contribution in [0.1, 0.15) is 23.3 Å². The first-order chi connectivity index (χ1) is 12.8. The normalized spacial score (nSPS) is 19.3. The number of amides is 1. The minimum absolute atomic E-state index is 0.237. The maximum Gasteiger partial charge on any atom is 0.415 e. The number of carbonyl (C=O) groups excluding carboxylic acids is 1. The number of hydrogen-bond acceptors (Lipinski definition) is 3. The molecular formula is C22H19NO3. The van der Waals surface area contributed by atoms with E-state index >= 15 is 0 Å². The Hall–Kier alpha value is -3.27. The van der Waals surface area contributed by atoms with Crippen LogP contribution < -0.4 is 9.64 Å². The van der Waals surface area contributed by atoms with Crippen LogP contribution in [0.2, 0.25) is 0 Å². The lowest BCUT2D eigenvalue weighted by molar-refractivity contribution is 0.132. The van der Waals surface area contributed by atoms with Gasteiger partial charge in [-0.2, -0.15) is 0 Å². The third-order valence-corrected chi connectivity index (χ3v) is 4.61. The van der Waals surface area contributed by atoms with Gasteiger partial charge in [0, 0.05) is 5.69 Å². The topological polar surface area (TPSA) is 38.8 Å². The lowest BCUT2D eigenvalue weighted by atomic mass is 9.95. The first-order valence-corrected chi connectivity index (χ1v) is 8.52. The maximum absolute atomic E-state index is 12.8. The van der Waals surface area contributed by atoms with Crippen molar-refractivity contribution >= 4 is 11.8 Å². The molecule has 2 atom stereocenters. The highest BCUT2D eigenvalue weighted by Crippen LogP contribution is 2.45. The fraction of sp³-hybridized carbons (Fsp3) is 0.136.